The molecule has 1 aromatic heterocycles. The summed E-state index contributed by atoms with van der Waals surface area (Å²) < 4.78 is 10.3. The van der Waals surface area contributed by atoms with E-state index in [1.807, 2.05) is 0 Å². The van der Waals surface area contributed by atoms with Crippen molar-refractivity contribution in [3.05, 3.63) is 47.0 Å². The molecule has 0 spiro atoms. The normalized spacial score (nSPS) is 10.2. The van der Waals surface area contributed by atoms with Gasteiger partial charge >= 0.3 is 5.88 Å². The highest BCUT2D eigenvalue weighted by Crippen LogP contribution is 2.27. The van der Waals surface area contributed by atoms with E-state index in [9.17, 15) is 10.1 Å². The van der Waals surface area contributed by atoms with Gasteiger partial charge < -0.3 is 9.15 Å². The summed E-state index contributed by atoms with van der Waals surface area (Å²) in [5.41, 5.74) is 0.470. The minimum Gasteiger partial charge on any atom is -0.490 e. The zero-order valence-electron chi connectivity index (χ0n) is 8.38. The molecule has 0 atom stereocenters. The van der Waals surface area contributed by atoms with Crippen LogP contribution in [0, 0.1) is 10.1 Å². The topological polar surface area (TPSA) is 65.5 Å². The Morgan fingerprint density at radius 2 is 2.31 bits per heavy atom. The number of ether oxygens (including phenoxy) is 1. The van der Waals surface area contributed by atoms with E-state index in [-0.39, 0.29) is 5.88 Å². The van der Waals surface area contributed by atoms with Gasteiger partial charge in [0.05, 0.1) is 6.07 Å². The van der Waals surface area contributed by atoms with Gasteiger partial charge in [0.1, 0.15) is 22.9 Å². The second kappa shape index (κ2) is 4.06. The fraction of sp³-hybridized carbons (Fsp3) is 0.0909. The first-order chi connectivity index (χ1) is 7.70. The fourth-order valence-corrected chi connectivity index (χ4v) is 1.34. The standard InChI is InChI=1S/C11H9NO4/c1-2-5-15-9-3-4-10-8(6-9)7-11(16-10)12(13)14/h2-4,6-7H,1,5H2. The average Bonchev–Trinajstić information content (AvgIpc) is 2.69. The van der Waals surface area contributed by atoms with E-state index in [0.717, 1.165) is 0 Å². The lowest BCUT2D eigenvalue weighted by Gasteiger charge is -2.01. The molecule has 0 aliphatic heterocycles. The number of hydrogen-bond donors (Lipinski definition) is 0. The number of fused-ring (bicyclic) bond motifs is 1. The Bertz CT molecular complexity index is 544. The van der Waals surface area contributed by atoms with Crippen LogP contribution in [0.2, 0.25) is 0 Å². The molecular weight excluding hydrogens is 210 g/mol. The molecule has 1 aromatic carbocycles. The van der Waals surface area contributed by atoms with Crippen molar-refractivity contribution in [3.8, 4) is 5.75 Å². The van der Waals surface area contributed by atoms with E-state index in [0.29, 0.717) is 23.3 Å². The van der Waals surface area contributed by atoms with Gasteiger partial charge in [-0.05, 0) is 18.2 Å². The molecule has 0 fully saturated rings. The maximum atomic E-state index is 10.5. The van der Waals surface area contributed by atoms with Crippen molar-refractivity contribution < 1.29 is 14.1 Å². The molecule has 0 amide bonds. The third-order valence-corrected chi connectivity index (χ3v) is 2.02. The summed E-state index contributed by atoms with van der Waals surface area (Å²) in [7, 11) is 0. The van der Waals surface area contributed by atoms with Crippen LogP contribution >= 0.6 is 0 Å². The Hall–Kier alpha value is -2.30. The smallest absolute Gasteiger partial charge is 0.434 e. The number of nitro groups is 1. The average molecular weight is 219 g/mol. The van der Waals surface area contributed by atoms with Gasteiger partial charge in [-0.1, -0.05) is 12.7 Å². The van der Waals surface area contributed by atoms with Gasteiger partial charge in [0.25, 0.3) is 0 Å². The molecule has 0 aliphatic rings. The molecule has 0 N–H and O–H groups in total. The molecule has 2 rings (SSSR count). The minimum atomic E-state index is -0.565. The molecule has 0 unspecified atom stereocenters. The second-order valence-electron chi connectivity index (χ2n) is 3.14. The lowest BCUT2D eigenvalue weighted by Crippen LogP contribution is -1.91. The fourth-order valence-electron chi connectivity index (χ4n) is 1.34. The lowest BCUT2D eigenvalue weighted by atomic mass is 10.2. The Kier molecular flexibility index (Phi) is 2.59. The van der Waals surface area contributed by atoms with Crippen molar-refractivity contribution in [1.82, 2.24) is 0 Å². The van der Waals surface area contributed by atoms with Crippen molar-refractivity contribution >= 4 is 16.9 Å². The lowest BCUT2D eigenvalue weighted by molar-refractivity contribution is -0.401. The van der Waals surface area contributed by atoms with Crippen molar-refractivity contribution in [3.63, 3.8) is 0 Å². The molecular formula is C11H9NO4. The first-order valence-corrected chi connectivity index (χ1v) is 4.62. The van der Waals surface area contributed by atoms with Crippen LogP contribution in [0.4, 0.5) is 5.88 Å². The number of rotatable bonds is 4. The summed E-state index contributed by atoms with van der Waals surface area (Å²) in [6.07, 6.45) is 1.63. The van der Waals surface area contributed by atoms with Crippen LogP contribution in [0.5, 0.6) is 5.75 Å². The molecule has 0 radical (unpaired) electrons. The van der Waals surface area contributed by atoms with E-state index in [4.69, 9.17) is 9.15 Å². The largest absolute Gasteiger partial charge is 0.490 e. The van der Waals surface area contributed by atoms with Crippen LogP contribution in [-0.2, 0) is 0 Å². The zero-order chi connectivity index (χ0) is 11.5. The first-order valence-electron chi connectivity index (χ1n) is 4.62. The highest BCUT2D eigenvalue weighted by molar-refractivity contribution is 5.81. The highest BCUT2D eigenvalue weighted by Gasteiger charge is 2.13. The van der Waals surface area contributed by atoms with E-state index in [2.05, 4.69) is 6.58 Å². The Morgan fingerprint density at radius 1 is 1.50 bits per heavy atom. The minimum absolute atomic E-state index is 0.268. The van der Waals surface area contributed by atoms with E-state index in [1.54, 1.807) is 24.3 Å². The molecule has 0 aliphatic carbocycles. The zero-order valence-corrected chi connectivity index (χ0v) is 8.38. The first kappa shape index (κ1) is 10.2. The monoisotopic (exact) mass is 219 g/mol. The molecule has 5 nitrogen and oxygen atoms in total. The van der Waals surface area contributed by atoms with Gasteiger partial charge in [0.15, 0.2) is 0 Å². The van der Waals surface area contributed by atoms with E-state index in [1.165, 1.54) is 6.07 Å². The molecule has 0 saturated carbocycles. The van der Waals surface area contributed by atoms with Crippen molar-refractivity contribution in [1.29, 1.82) is 0 Å². The number of hydrogen-bond acceptors (Lipinski definition) is 4. The van der Waals surface area contributed by atoms with Crippen LogP contribution in [0.25, 0.3) is 11.0 Å². The van der Waals surface area contributed by atoms with Gasteiger partial charge in [0, 0.05) is 5.39 Å². The predicted molar refractivity (Wildman–Crippen MR) is 58.6 cm³/mol. The highest BCUT2D eigenvalue weighted by atomic mass is 16.6. The van der Waals surface area contributed by atoms with Crippen molar-refractivity contribution in [2.24, 2.45) is 0 Å². The summed E-state index contributed by atoms with van der Waals surface area (Å²) in [5.74, 6) is 0.360. The van der Waals surface area contributed by atoms with Crippen LogP contribution < -0.4 is 4.74 Å². The molecule has 82 valence electrons. The quantitative estimate of drug-likeness (QED) is 0.450. The van der Waals surface area contributed by atoms with Gasteiger partial charge in [-0.15, -0.1) is 0 Å². The number of nitrogens with zero attached hydrogens (tertiary/aromatic N) is 1. The van der Waals surface area contributed by atoms with Crippen LogP contribution in [-0.4, -0.2) is 11.5 Å². The van der Waals surface area contributed by atoms with Gasteiger partial charge in [-0.25, -0.2) is 0 Å². The van der Waals surface area contributed by atoms with E-state index >= 15 is 0 Å². The second-order valence-corrected chi connectivity index (χ2v) is 3.14. The van der Waals surface area contributed by atoms with Crippen LogP contribution in [0.1, 0.15) is 0 Å². The maximum Gasteiger partial charge on any atom is 0.434 e. The predicted octanol–water partition coefficient (Wildman–Crippen LogP) is 2.91. The number of benzene rings is 1. The van der Waals surface area contributed by atoms with Gasteiger partial charge in [0.2, 0.25) is 0 Å². The van der Waals surface area contributed by atoms with Crippen LogP contribution in [0.15, 0.2) is 41.3 Å². The van der Waals surface area contributed by atoms with Gasteiger partial charge in [-0.3, -0.25) is 10.1 Å². The molecule has 2 aromatic rings. The van der Waals surface area contributed by atoms with Crippen LogP contribution in [0.3, 0.4) is 0 Å². The third-order valence-electron chi connectivity index (χ3n) is 2.02. The summed E-state index contributed by atoms with van der Waals surface area (Å²) >= 11 is 0. The summed E-state index contributed by atoms with van der Waals surface area (Å²) in [4.78, 5) is 9.93. The molecule has 0 saturated heterocycles. The molecule has 16 heavy (non-hydrogen) atoms. The molecule has 0 bridgehead atoms. The van der Waals surface area contributed by atoms with Crippen molar-refractivity contribution in [2.75, 3.05) is 6.61 Å². The van der Waals surface area contributed by atoms with E-state index < -0.39 is 4.92 Å². The summed E-state index contributed by atoms with van der Waals surface area (Å²) in [5, 5.41) is 11.1. The number of furan rings is 1. The van der Waals surface area contributed by atoms with Gasteiger partial charge in [-0.2, -0.15) is 0 Å². The van der Waals surface area contributed by atoms with Crippen molar-refractivity contribution in [2.45, 2.75) is 0 Å². The summed E-state index contributed by atoms with van der Waals surface area (Å²) in [6.45, 7) is 3.93. The Balaban J connectivity index is 2.37. The summed E-state index contributed by atoms with van der Waals surface area (Å²) in [6, 6.07) is 6.39. The third kappa shape index (κ3) is 1.88. The Labute approximate surface area is 91.1 Å². The SMILES string of the molecule is C=CCOc1ccc2oc([N+](=O)[O-])cc2c1. The maximum absolute atomic E-state index is 10.5. The molecule has 5 heteroatoms. The molecule has 1 heterocycles. The Morgan fingerprint density at radius 3 is 3.00 bits per heavy atom.